The predicted octanol–water partition coefficient (Wildman–Crippen LogP) is 3.58. The third-order valence-electron chi connectivity index (χ3n) is 5.09. The van der Waals surface area contributed by atoms with Gasteiger partial charge in [-0.25, -0.2) is 18.2 Å². The van der Waals surface area contributed by atoms with Crippen LogP contribution in [0.1, 0.15) is 45.0 Å². The van der Waals surface area contributed by atoms with Gasteiger partial charge >= 0.3 is 6.09 Å². The molecule has 3 heterocycles. The zero-order chi connectivity index (χ0) is 24.2. The van der Waals surface area contributed by atoms with Gasteiger partial charge in [0.25, 0.3) is 0 Å². The second-order valence-corrected chi connectivity index (χ2v) is 11.1. The molecule has 0 saturated carbocycles. The monoisotopic (exact) mass is 476 g/mol. The average molecular weight is 477 g/mol. The van der Waals surface area contributed by atoms with Gasteiger partial charge in [0.05, 0.1) is 29.8 Å². The molecule has 0 spiro atoms. The lowest BCUT2D eigenvalue weighted by Gasteiger charge is -2.33. The number of nitrogens with zero attached hydrogens (tertiary/aromatic N) is 3. The summed E-state index contributed by atoms with van der Waals surface area (Å²) in [5.41, 5.74) is 1.67. The molecule has 10 heteroatoms. The molecule has 1 amide bonds. The molecule has 180 valence electrons. The molecule has 0 atom stereocenters. The van der Waals surface area contributed by atoms with E-state index >= 15 is 0 Å². The molecule has 1 aliphatic heterocycles. The van der Waals surface area contributed by atoms with Crippen LogP contribution >= 0.6 is 0 Å². The number of rotatable bonds is 6. The Balaban J connectivity index is 1.48. The van der Waals surface area contributed by atoms with Crippen molar-refractivity contribution in [2.45, 2.75) is 63.8 Å². The van der Waals surface area contributed by atoms with Gasteiger partial charge in [-0.3, -0.25) is 4.98 Å². The normalized spacial score (nSPS) is 15.2. The summed E-state index contributed by atoms with van der Waals surface area (Å²) in [4.78, 5) is 22.5. The van der Waals surface area contributed by atoms with Gasteiger partial charge in [0.2, 0.25) is 0 Å². The van der Waals surface area contributed by atoms with E-state index in [-0.39, 0.29) is 17.2 Å². The third kappa shape index (κ3) is 7.31. The van der Waals surface area contributed by atoms with Crippen molar-refractivity contribution in [2.24, 2.45) is 0 Å². The van der Waals surface area contributed by atoms with Crippen LogP contribution in [-0.2, 0) is 21.1 Å². The van der Waals surface area contributed by atoms with E-state index in [2.05, 4.69) is 15.3 Å². The standard InChI is InChI=1S/C23H32N4O5S/c1-16-20(8-9-21(26-16)33(5,29)30)25-14-17-6-7-19(15-24-17)31-18-10-12-27(13-11-18)22(28)32-23(2,3)4/h6-9,15,18,25H,10-14H2,1-5H3. The van der Waals surface area contributed by atoms with Crippen LogP contribution in [0.15, 0.2) is 35.5 Å². The van der Waals surface area contributed by atoms with Crippen molar-refractivity contribution in [1.82, 2.24) is 14.9 Å². The summed E-state index contributed by atoms with van der Waals surface area (Å²) in [5, 5.41) is 3.29. The molecule has 1 N–H and O–H groups in total. The fourth-order valence-corrected chi connectivity index (χ4v) is 4.00. The Morgan fingerprint density at radius 1 is 1.18 bits per heavy atom. The number of aryl methyl sites for hydroxylation is 1. The van der Waals surface area contributed by atoms with E-state index in [4.69, 9.17) is 9.47 Å². The van der Waals surface area contributed by atoms with Crippen molar-refractivity contribution in [1.29, 1.82) is 0 Å². The highest BCUT2D eigenvalue weighted by Gasteiger charge is 2.27. The number of anilines is 1. The highest BCUT2D eigenvalue weighted by molar-refractivity contribution is 7.90. The predicted molar refractivity (Wildman–Crippen MR) is 125 cm³/mol. The minimum atomic E-state index is -3.33. The molecule has 1 saturated heterocycles. The number of hydrogen-bond donors (Lipinski definition) is 1. The first-order valence-corrected chi connectivity index (χ1v) is 12.8. The molecule has 2 aromatic heterocycles. The van der Waals surface area contributed by atoms with Crippen molar-refractivity contribution in [3.8, 4) is 5.75 Å². The first-order valence-electron chi connectivity index (χ1n) is 10.9. The van der Waals surface area contributed by atoms with Gasteiger partial charge < -0.3 is 19.7 Å². The molecule has 2 aromatic rings. The van der Waals surface area contributed by atoms with E-state index in [1.165, 1.54) is 6.07 Å². The lowest BCUT2D eigenvalue weighted by molar-refractivity contribution is 0.0126. The van der Waals surface area contributed by atoms with Gasteiger partial charge in [-0.05, 0) is 52.0 Å². The third-order valence-corrected chi connectivity index (χ3v) is 6.08. The summed E-state index contributed by atoms with van der Waals surface area (Å²) >= 11 is 0. The molecule has 1 fully saturated rings. The maximum atomic E-state index is 12.2. The van der Waals surface area contributed by atoms with Crippen molar-refractivity contribution >= 4 is 21.6 Å². The first kappa shape index (κ1) is 24.8. The summed E-state index contributed by atoms with van der Waals surface area (Å²) in [6.45, 7) is 9.00. The van der Waals surface area contributed by atoms with Gasteiger partial charge in [-0.1, -0.05) is 0 Å². The number of hydrogen-bond acceptors (Lipinski definition) is 8. The SMILES string of the molecule is Cc1nc(S(C)(=O)=O)ccc1NCc1ccc(OC2CCN(C(=O)OC(C)(C)C)CC2)cn1. The number of amides is 1. The van der Waals surface area contributed by atoms with E-state index in [0.29, 0.717) is 31.1 Å². The smallest absolute Gasteiger partial charge is 0.410 e. The van der Waals surface area contributed by atoms with Gasteiger partial charge in [-0.15, -0.1) is 0 Å². The number of carbonyl (C=O) groups is 1. The van der Waals surface area contributed by atoms with Crippen LogP contribution < -0.4 is 10.1 Å². The van der Waals surface area contributed by atoms with Gasteiger partial charge in [-0.2, -0.15) is 0 Å². The number of pyridine rings is 2. The van der Waals surface area contributed by atoms with Crippen LogP contribution in [0.4, 0.5) is 10.5 Å². The average Bonchev–Trinajstić information content (AvgIpc) is 2.72. The van der Waals surface area contributed by atoms with Crippen LogP contribution in [-0.4, -0.2) is 60.4 Å². The van der Waals surface area contributed by atoms with Crippen LogP contribution in [0.3, 0.4) is 0 Å². The Bertz CT molecular complexity index is 1070. The number of likely N-dealkylation sites (tertiary alicyclic amines) is 1. The number of nitrogens with one attached hydrogen (secondary N) is 1. The topological polar surface area (TPSA) is 111 Å². The van der Waals surface area contributed by atoms with E-state index < -0.39 is 15.4 Å². The lowest BCUT2D eigenvalue weighted by atomic mass is 10.1. The fraction of sp³-hybridized carbons (Fsp3) is 0.522. The molecule has 0 aromatic carbocycles. The zero-order valence-electron chi connectivity index (χ0n) is 19.8. The quantitative estimate of drug-likeness (QED) is 0.674. The molecule has 0 aliphatic carbocycles. The molecule has 9 nitrogen and oxygen atoms in total. The summed E-state index contributed by atoms with van der Waals surface area (Å²) in [6.07, 6.45) is 4.04. The minimum absolute atomic E-state index is 0.0246. The van der Waals surface area contributed by atoms with Crippen molar-refractivity contribution in [3.05, 3.63) is 41.9 Å². The maximum absolute atomic E-state index is 12.2. The fourth-order valence-electron chi connectivity index (χ4n) is 3.38. The van der Waals surface area contributed by atoms with Crippen molar-refractivity contribution < 1.29 is 22.7 Å². The highest BCUT2D eigenvalue weighted by Crippen LogP contribution is 2.21. The summed E-state index contributed by atoms with van der Waals surface area (Å²) in [6, 6.07) is 6.96. The second-order valence-electron chi connectivity index (χ2n) is 9.18. The van der Waals surface area contributed by atoms with E-state index in [1.54, 1.807) is 24.1 Å². The van der Waals surface area contributed by atoms with Crippen LogP contribution in [0.25, 0.3) is 0 Å². The van der Waals surface area contributed by atoms with Gasteiger partial charge in [0.15, 0.2) is 14.9 Å². The molecular weight excluding hydrogens is 444 g/mol. The molecule has 3 rings (SSSR count). The lowest BCUT2D eigenvalue weighted by Crippen LogP contribution is -2.44. The Hall–Kier alpha value is -2.88. The van der Waals surface area contributed by atoms with Crippen LogP contribution in [0, 0.1) is 6.92 Å². The summed E-state index contributed by atoms with van der Waals surface area (Å²) in [7, 11) is -3.33. The molecule has 0 bridgehead atoms. The number of ether oxygens (including phenoxy) is 2. The zero-order valence-corrected chi connectivity index (χ0v) is 20.6. The molecule has 0 unspecified atom stereocenters. The number of sulfone groups is 1. The van der Waals surface area contributed by atoms with Gasteiger partial charge in [0, 0.05) is 32.2 Å². The Morgan fingerprint density at radius 3 is 2.42 bits per heavy atom. The van der Waals surface area contributed by atoms with E-state index in [9.17, 15) is 13.2 Å². The largest absolute Gasteiger partial charge is 0.489 e. The number of carbonyl (C=O) groups excluding carboxylic acids is 1. The minimum Gasteiger partial charge on any atom is -0.489 e. The van der Waals surface area contributed by atoms with E-state index in [0.717, 1.165) is 30.5 Å². The van der Waals surface area contributed by atoms with Crippen molar-refractivity contribution in [2.75, 3.05) is 24.7 Å². The Morgan fingerprint density at radius 2 is 1.88 bits per heavy atom. The van der Waals surface area contributed by atoms with Crippen LogP contribution in [0.2, 0.25) is 0 Å². The first-order chi connectivity index (χ1) is 15.4. The maximum Gasteiger partial charge on any atom is 0.410 e. The van der Waals surface area contributed by atoms with Crippen molar-refractivity contribution in [3.63, 3.8) is 0 Å². The summed E-state index contributed by atoms with van der Waals surface area (Å²) in [5.74, 6) is 0.685. The summed E-state index contributed by atoms with van der Waals surface area (Å²) < 4.78 is 34.7. The molecule has 1 aliphatic rings. The molecular formula is C23H32N4O5S. The Kier molecular flexibility index (Phi) is 7.46. The molecule has 33 heavy (non-hydrogen) atoms. The molecule has 0 radical (unpaired) electrons. The van der Waals surface area contributed by atoms with Crippen LogP contribution in [0.5, 0.6) is 5.75 Å². The Labute approximate surface area is 195 Å². The highest BCUT2D eigenvalue weighted by atomic mass is 32.2. The van der Waals surface area contributed by atoms with Gasteiger partial charge in [0.1, 0.15) is 17.5 Å². The number of piperidine rings is 1. The second kappa shape index (κ2) is 9.94. The number of aromatic nitrogens is 2. The van der Waals surface area contributed by atoms with E-state index in [1.807, 2.05) is 32.9 Å².